The van der Waals surface area contributed by atoms with Crippen LogP contribution in [-0.4, -0.2) is 35.7 Å². The molecule has 0 radical (unpaired) electrons. The van der Waals surface area contributed by atoms with E-state index in [1.165, 1.54) is 18.1 Å². The first kappa shape index (κ1) is 15.5. The second kappa shape index (κ2) is 6.72. The Morgan fingerprint density at radius 2 is 1.90 bits per heavy atom. The van der Waals surface area contributed by atoms with Crippen molar-refractivity contribution in [2.45, 2.75) is 38.8 Å². The largest absolute Gasteiger partial charge is 0.480 e. The van der Waals surface area contributed by atoms with Gasteiger partial charge in [0.1, 0.15) is 12.1 Å². The zero-order chi connectivity index (χ0) is 15.4. The summed E-state index contributed by atoms with van der Waals surface area (Å²) in [6, 6.07) is 6.68. The highest BCUT2D eigenvalue weighted by Gasteiger charge is 2.35. The average Bonchev–Trinajstić information content (AvgIpc) is 2.87. The van der Waals surface area contributed by atoms with Crippen molar-refractivity contribution in [1.29, 1.82) is 0 Å². The molecule has 0 aliphatic heterocycles. The van der Waals surface area contributed by atoms with Gasteiger partial charge in [0.2, 0.25) is 0 Å². The Balaban J connectivity index is 2.13. The summed E-state index contributed by atoms with van der Waals surface area (Å²) in [5, 5.41) is 11.9. The third kappa shape index (κ3) is 3.61. The fourth-order valence-corrected chi connectivity index (χ4v) is 2.80. The molecule has 21 heavy (non-hydrogen) atoms. The second-order valence-corrected chi connectivity index (χ2v) is 5.39. The Hall–Kier alpha value is -1.88. The van der Waals surface area contributed by atoms with E-state index in [4.69, 9.17) is 9.84 Å². The Morgan fingerprint density at radius 1 is 1.33 bits per heavy atom. The molecule has 5 heteroatoms. The third-order valence-electron chi connectivity index (χ3n) is 3.89. The van der Waals surface area contributed by atoms with Gasteiger partial charge in [-0.15, -0.1) is 0 Å². The molecule has 0 bridgehead atoms. The molecule has 0 fully saturated rings. The predicted molar refractivity (Wildman–Crippen MR) is 78.0 cm³/mol. The van der Waals surface area contributed by atoms with E-state index in [0.29, 0.717) is 0 Å². The maximum Gasteiger partial charge on any atom is 0.323 e. The van der Waals surface area contributed by atoms with E-state index in [9.17, 15) is 9.59 Å². The Kier molecular flexibility index (Phi) is 4.96. The summed E-state index contributed by atoms with van der Waals surface area (Å²) in [5.41, 5.74) is 2.45. The van der Waals surface area contributed by atoms with Crippen LogP contribution in [0.15, 0.2) is 24.3 Å². The number of fused-ring (bicyclic) bond motifs is 1. The molecule has 0 saturated carbocycles. The number of ether oxygens (including phenoxy) is 1. The number of rotatable bonds is 6. The van der Waals surface area contributed by atoms with Crippen molar-refractivity contribution in [3.63, 3.8) is 0 Å². The van der Waals surface area contributed by atoms with Crippen molar-refractivity contribution in [3.05, 3.63) is 35.4 Å². The second-order valence-electron chi connectivity index (χ2n) is 5.39. The molecular weight excluding hydrogens is 270 g/mol. The highest BCUT2D eigenvalue weighted by molar-refractivity contribution is 5.79. The van der Waals surface area contributed by atoms with E-state index in [0.717, 1.165) is 12.8 Å². The van der Waals surface area contributed by atoms with Gasteiger partial charge in [-0.25, -0.2) is 0 Å². The van der Waals surface area contributed by atoms with Gasteiger partial charge in [0.05, 0.1) is 6.61 Å². The highest BCUT2D eigenvalue weighted by atomic mass is 16.5. The molecule has 0 spiro atoms. The molecule has 2 N–H and O–H groups in total. The minimum atomic E-state index is -0.972. The standard InChI is InChI=1S/C16H21NO4/c1-3-21-16(20)14(17-10(2)15(18)19)13-8-11-6-4-5-7-12(11)9-13/h4-7,10,13-14,17H,3,8-9H2,1-2H3,(H,18,19)/t10-,14?/m0/s1. The number of carboxylic acids is 1. The number of carboxylic acid groups (broad SMARTS) is 1. The summed E-state index contributed by atoms with van der Waals surface area (Å²) in [7, 11) is 0. The molecule has 1 aliphatic carbocycles. The lowest BCUT2D eigenvalue weighted by molar-refractivity contribution is -0.148. The van der Waals surface area contributed by atoms with Crippen molar-refractivity contribution in [1.82, 2.24) is 5.32 Å². The highest BCUT2D eigenvalue weighted by Crippen LogP contribution is 2.29. The lowest BCUT2D eigenvalue weighted by Crippen LogP contribution is -2.50. The SMILES string of the molecule is CCOC(=O)C(N[C@@H](C)C(=O)O)C1Cc2ccccc2C1. The summed E-state index contributed by atoms with van der Waals surface area (Å²) < 4.78 is 5.10. The Labute approximate surface area is 124 Å². The number of nitrogens with one attached hydrogen (secondary N) is 1. The van der Waals surface area contributed by atoms with Crippen LogP contribution in [0.3, 0.4) is 0 Å². The van der Waals surface area contributed by atoms with Crippen LogP contribution >= 0.6 is 0 Å². The quantitative estimate of drug-likeness (QED) is 0.775. The minimum absolute atomic E-state index is 0.0308. The molecule has 1 unspecified atom stereocenters. The number of esters is 1. The minimum Gasteiger partial charge on any atom is -0.480 e. The smallest absolute Gasteiger partial charge is 0.323 e. The van der Waals surface area contributed by atoms with E-state index < -0.39 is 18.1 Å². The van der Waals surface area contributed by atoms with Gasteiger partial charge in [0.15, 0.2) is 0 Å². The van der Waals surface area contributed by atoms with Crippen LogP contribution in [0.1, 0.15) is 25.0 Å². The van der Waals surface area contributed by atoms with Gasteiger partial charge in [-0.1, -0.05) is 24.3 Å². The number of carbonyl (C=O) groups excluding carboxylic acids is 1. The van der Waals surface area contributed by atoms with Crippen LogP contribution in [0.5, 0.6) is 0 Å². The molecular formula is C16H21NO4. The number of benzene rings is 1. The van der Waals surface area contributed by atoms with Gasteiger partial charge in [-0.3, -0.25) is 14.9 Å². The van der Waals surface area contributed by atoms with Crippen LogP contribution in [0.25, 0.3) is 0 Å². The summed E-state index contributed by atoms with van der Waals surface area (Å²) >= 11 is 0. The van der Waals surface area contributed by atoms with Gasteiger partial charge in [-0.05, 0) is 43.7 Å². The Bertz CT molecular complexity index is 504. The topological polar surface area (TPSA) is 75.6 Å². The van der Waals surface area contributed by atoms with Gasteiger partial charge in [-0.2, -0.15) is 0 Å². The van der Waals surface area contributed by atoms with Crippen LogP contribution in [-0.2, 0) is 27.2 Å². The van der Waals surface area contributed by atoms with E-state index >= 15 is 0 Å². The molecule has 2 atom stereocenters. The first-order valence-electron chi connectivity index (χ1n) is 7.25. The van der Waals surface area contributed by atoms with E-state index in [1.807, 2.05) is 12.1 Å². The molecule has 5 nitrogen and oxygen atoms in total. The summed E-state index contributed by atoms with van der Waals surface area (Å²) in [4.78, 5) is 23.2. The predicted octanol–water partition coefficient (Wildman–Crippen LogP) is 1.40. The van der Waals surface area contributed by atoms with Gasteiger partial charge >= 0.3 is 11.9 Å². The summed E-state index contributed by atoms with van der Waals surface area (Å²) in [5.74, 6) is -1.31. The fourth-order valence-electron chi connectivity index (χ4n) is 2.80. The first-order valence-corrected chi connectivity index (χ1v) is 7.25. The summed E-state index contributed by atoms with van der Waals surface area (Å²) in [6.07, 6.45) is 1.53. The molecule has 0 heterocycles. The van der Waals surface area contributed by atoms with Crippen LogP contribution in [0.4, 0.5) is 0 Å². The van der Waals surface area contributed by atoms with E-state index in [1.54, 1.807) is 6.92 Å². The van der Waals surface area contributed by atoms with Crippen LogP contribution < -0.4 is 5.32 Å². The fraction of sp³-hybridized carbons (Fsp3) is 0.500. The maximum atomic E-state index is 12.2. The number of carbonyl (C=O) groups is 2. The Morgan fingerprint density at radius 3 is 2.38 bits per heavy atom. The number of hydrogen-bond donors (Lipinski definition) is 2. The lowest BCUT2D eigenvalue weighted by atomic mass is 9.95. The van der Waals surface area contributed by atoms with Crippen LogP contribution in [0, 0.1) is 5.92 Å². The van der Waals surface area contributed by atoms with E-state index in [-0.39, 0.29) is 18.5 Å². The molecule has 0 saturated heterocycles. The lowest BCUT2D eigenvalue weighted by Gasteiger charge is -2.24. The van der Waals surface area contributed by atoms with Crippen molar-refractivity contribution in [3.8, 4) is 0 Å². The third-order valence-corrected chi connectivity index (χ3v) is 3.89. The van der Waals surface area contributed by atoms with Gasteiger partial charge in [0, 0.05) is 0 Å². The monoisotopic (exact) mass is 291 g/mol. The van der Waals surface area contributed by atoms with Crippen molar-refractivity contribution in [2.75, 3.05) is 6.61 Å². The molecule has 0 aromatic heterocycles. The normalized spacial score (nSPS) is 17.0. The number of hydrogen-bond acceptors (Lipinski definition) is 4. The molecule has 2 rings (SSSR count). The molecule has 1 aliphatic rings. The van der Waals surface area contributed by atoms with Crippen molar-refractivity contribution in [2.24, 2.45) is 5.92 Å². The van der Waals surface area contributed by atoms with E-state index in [2.05, 4.69) is 17.4 Å². The van der Waals surface area contributed by atoms with Crippen LogP contribution in [0.2, 0.25) is 0 Å². The average molecular weight is 291 g/mol. The zero-order valence-electron chi connectivity index (χ0n) is 12.3. The van der Waals surface area contributed by atoms with Gasteiger partial charge in [0.25, 0.3) is 0 Å². The first-order chi connectivity index (χ1) is 10.0. The molecule has 1 aromatic carbocycles. The molecule has 0 amide bonds. The number of aliphatic carboxylic acids is 1. The van der Waals surface area contributed by atoms with Crippen molar-refractivity contribution >= 4 is 11.9 Å². The summed E-state index contributed by atoms with van der Waals surface area (Å²) in [6.45, 7) is 3.58. The maximum absolute atomic E-state index is 12.2. The van der Waals surface area contributed by atoms with Gasteiger partial charge < -0.3 is 9.84 Å². The molecule has 1 aromatic rings. The molecule has 114 valence electrons. The zero-order valence-corrected chi connectivity index (χ0v) is 12.3. The van der Waals surface area contributed by atoms with Crippen molar-refractivity contribution < 1.29 is 19.4 Å².